The minimum absolute atomic E-state index is 0.141. The summed E-state index contributed by atoms with van der Waals surface area (Å²) in [6, 6.07) is 8.70. The third-order valence-corrected chi connectivity index (χ3v) is 3.07. The van der Waals surface area contributed by atoms with Crippen LogP contribution in [0.5, 0.6) is 11.5 Å². The van der Waals surface area contributed by atoms with E-state index in [0.717, 1.165) is 0 Å². The molecule has 0 atom stereocenters. The molecule has 0 spiro atoms. The third kappa shape index (κ3) is 3.43. The summed E-state index contributed by atoms with van der Waals surface area (Å²) in [6.07, 6.45) is 1.55. The number of benzene rings is 1. The molecule has 2 aromatic rings. The monoisotopic (exact) mass is 304 g/mol. The van der Waals surface area contributed by atoms with Gasteiger partial charge in [-0.1, -0.05) is 17.7 Å². The molecule has 0 bridgehead atoms. The number of ether oxygens (including phenoxy) is 2. The van der Waals surface area contributed by atoms with E-state index >= 15 is 0 Å². The van der Waals surface area contributed by atoms with Crippen molar-refractivity contribution in [3.8, 4) is 17.6 Å². The van der Waals surface area contributed by atoms with Crippen LogP contribution in [0.25, 0.3) is 0 Å². The third-order valence-electron chi connectivity index (χ3n) is 2.86. The largest absolute Gasteiger partial charge is 0.493 e. The van der Waals surface area contributed by atoms with E-state index in [0.29, 0.717) is 33.3 Å². The van der Waals surface area contributed by atoms with Gasteiger partial charge in [-0.3, -0.25) is 0 Å². The predicted molar refractivity (Wildman–Crippen MR) is 77.2 cm³/mol. The minimum atomic E-state index is -0.232. The van der Waals surface area contributed by atoms with Crippen molar-refractivity contribution in [2.45, 2.75) is 13.2 Å². The summed E-state index contributed by atoms with van der Waals surface area (Å²) in [4.78, 5) is 3.97. The van der Waals surface area contributed by atoms with Crippen LogP contribution in [0.4, 0.5) is 0 Å². The molecule has 1 aromatic heterocycles. The molecule has 0 saturated heterocycles. The zero-order valence-corrected chi connectivity index (χ0v) is 12.1. The summed E-state index contributed by atoms with van der Waals surface area (Å²) in [5, 5.41) is 18.9. The number of methoxy groups -OCH3 is 1. The van der Waals surface area contributed by atoms with E-state index in [1.807, 2.05) is 6.07 Å². The number of aliphatic hydroxyl groups is 1. The Labute approximate surface area is 127 Å². The van der Waals surface area contributed by atoms with Crippen LogP contribution in [0.15, 0.2) is 30.5 Å². The van der Waals surface area contributed by atoms with Crippen LogP contribution in [0, 0.1) is 11.3 Å². The molecule has 0 aliphatic carbocycles. The number of hydrogen-bond donors (Lipinski definition) is 1. The Hall–Kier alpha value is -2.29. The maximum absolute atomic E-state index is 9.40. The van der Waals surface area contributed by atoms with Crippen LogP contribution in [-0.4, -0.2) is 17.2 Å². The lowest BCUT2D eigenvalue weighted by atomic mass is 10.2. The molecule has 1 heterocycles. The second-order valence-corrected chi connectivity index (χ2v) is 4.60. The van der Waals surface area contributed by atoms with Crippen molar-refractivity contribution in [1.82, 2.24) is 4.98 Å². The first-order valence-electron chi connectivity index (χ1n) is 6.13. The first-order valence-corrected chi connectivity index (χ1v) is 6.51. The van der Waals surface area contributed by atoms with E-state index in [-0.39, 0.29) is 13.2 Å². The van der Waals surface area contributed by atoms with Crippen molar-refractivity contribution in [1.29, 1.82) is 5.26 Å². The normalized spacial score (nSPS) is 10.0. The second-order valence-electron chi connectivity index (χ2n) is 4.17. The first-order chi connectivity index (χ1) is 10.2. The summed E-state index contributed by atoms with van der Waals surface area (Å²) in [6.45, 7) is -0.0911. The van der Waals surface area contributed by atoms with Crippen molar-refractivity contribution in [3.05, 3.63) is 52.3 Å². The Morgan fingerprint density at radius 2 is 2.19 bits per heavy atom. The quantitative estimate of drug-likeness (QED) is 0.919. The molecule has 108 valence electrons. The summed E-state index contributed by atoms with van der Waals surface area (Å²) < 4.78 is 10.9. The maximum Gasteiger partial charge on any atom is 0.167 e. The number of nitrogens with zero attached hydrogens (tertiary/aromatic N) is 2. The van der Waals surface area contributed by atoms with Gasteiger partial charge in [0, 0.05) is 28.4 Å². The number of aromatic nitrogens is 1. The molecule has 2 rings (SSSR count). The standard InChI is InChI=1S/C15H13ClN2O3/c1-20-14-6-12(16)5-11(8-19)15(14)21-9-10-3-2-4-18-13(10)7-17/h2-6,19H,8-9H2,1H3. The fraction of sp³-hybridized carbons (Fsp3) is 0.200. The van der Waals surface area contributed by atoms with Gasteiger partial charge in [0.1, 0.15) is 18.4 Å². The van der Waals surface area contributed by atoms with Gasteiger partial charge in [0.25, 0.3) is 0 Å². The molecule has 0 unspecified atom stereocenters. The zero-order valence-electron chi connectivity index (χ0n) is 11.3. The maximum atomic E-state index is 9.40. The van der Waals surface area contributed by atoms with E-state index in [1.54, 1.807) is 30.5 Å². The van der Waals surface area contributed by atoms with Gasteiger partial charge >= 0.3 is 0 Å². The van der Waals surface area contributed by atoms with E-state index in [9.17, 15) is 5.11 Å². The van der Waals surface area contributed by atoms with Gasteiger partial charge in [-0.15, -0.1) is 0 Å². The van der Waals surface area contributed by atoms with Crippen molar-refractivity contribution in [2.24, 2.45) is 0 Å². The molecule has 0 radical (unpaired) electrons. The molecule has 0 fully saturated rings. The molecule has 1 aromatic carbocycles. The fourth-order valence-electron chi connectivity index (χ4n) is 1.86. The molecule has 0 amide bonds. The van der Waals surface area contributed by atoms with Crippen LogP contribution < -0.4 is 9.47 Å². The molecule has 0 aliphatic heterocycles. The Morgan fingerprint density at radius 3 is 2.86 bits per heavy atom. The highest BCUT2D eigenvalue weighted by molar-refractivity contribution is 6.30. The van der Waals surface area contributed by atoms with Crippen LogP contribution in [0.1, 0.15) is 16.8 Å². The molecule has 0 saturated carbocycles. The Morgan fingerprint density at radius 1 is 1.38 bits per heavy atom. The molecular weight excluding hydrogens is 292 g/mol. The van der Waals surface area contributed by atoms with Crippen LogP contribution in [0.3, 0.4) is 0 Å². The molecule has 1 N–H and O–H groups in total. The number of aliphatic hydroxyl groups excluding tert-OH is 1. The molecule has 21 heavy (non-hydrogen) atoms. The van der Waals surface area contributed by atoms with E-state index in [4.69, 9.17) is 26.3 Å². The van der Waals surface area contributed by atoms with Crippen LogP contribution in [0.2, 0.25) is 5.02 Å². The zero-order chi connectivity index (χ0) is 15.2. The molecule has 0 aliphatic rings. The molecule has 5 nitrogen and oxygen atoms in total. The molecule has 6 heteroatoms. The Balaban J connectivity index is 2.30. The smallest absolute Gasteiger partial charge is 0.167 e. The van der Waals surface area contributed by atoms with E-state index in [1.165, 1.54) is 7.11 Å². The highest BCUT2D eigenvalue weighted by Gasteiger charge is 2.13. The van der Waals surface area contributed by atoms with E-state index in [2.05, 4.69) is 4.98 Å². The Bertz CT molecular complexity index is 658. The summed E-state index contributed by atoms with van der Waals surface area (Å²) >= 11 is 5.94. The van der Waals surface area contributed by atoms with Crippen molar-refractivity contribution >= 4 is 11.6 Å². The SMILES string of the molecule is COc1cc(Cl)cc(CO)c1OCc1cccnc1C#N. The lowest BCUT2D eigenvalue weighted by Gasteiger charge is -2.15. The predicted octanol–water partition coefficient (Wildman–Crippen LogP) is 2.69. The van der Waals surface area contributed by atoms with Crippen molar-refractivity contribution < 1.29 is 14.6 Å². The van der Waals surface area contributed by atoms with Crippen molar-refractivity contribution in [2.75, 3.05) is 7.11 Å². The lowest BCUT2D eigenvalue weighted by molar-refractivity contribution is 0.249. The fourth-order valence-corrected chi connectivity index (χ4v) is 2.09. The van der Waals surface area contributed by atoms with Gasteiger partial charge in [-0.25, -0.2) is 4.98 Å². The minimum Gasteiger partial charge on any atom is -0.493 e. The average molecular weight is 305 g/mol. The number of hydrogen-bond acceptors (Lipinski definition) is 5. The summed E-state index contributed by atoms with van der Waals surface area (Å²) in [5.74, 6) is 0.825. The number of halogens is 1. The summed E-state index contributed by atoms with van der Waals surface area (Å²) in [7, 11) is 1.49. The van der Waals surface area contributed by atoms with Crippen LogP contribution in [-0.2, 0) is 13.2 Å². The van der Waals surface area contributed by atoms with Gasteiger partial charge in [-0.05, 0) is 12.1 Å². The van der Waals surface area contributed by atoms with Gasteiger partial charge in [0.15, 0.2) is 11.5 Å². The topological polar surface area (TPSA) is 75.4 Å². The Kier molecular flexibility index (Phi) is 4.99. The summed E-state index contributed by atoms with van der Waals surface area (Å²) in [5.41, 5.74) is 1.47. The van der Waals surface area contributed by atoms with Gasteiger partial charge < -0.3 is 14.6 Å². The first kappa shape index (κ1) is 15.1. The number of nitriles is 1. The van der Waals surface area contributed by atoms with Gasteiger partial charge in [0.2, 0.25) is 0 Å². The van der Waals surface area contributed by atoms with Crippen LogP contribution >= 0.6 is 11.6 Å². The average Bonchev–Trinajstić information content (AvgIpc) is 2.52. The lowest BCUT2D eigenvalue weighted by Crippen LogP contribution is -2.03. The number of rotatable bonds is 5. The highest BCUT2D eigenvalue weighted by atomic mass is 35.5. The van der Waals surface area contributed by atoms with Gasteiger partial charge in [0.05, 0.1) is 13.7 Å². The highest BCUT2D eigenvalue weighted by Crippen LogP contribution is 2.35. The van der Waals surface area contributed by atoms with Gasteiger partial charge in [-0.2, -0.15) is 5.26 Å². The number of pyridine rings is 1. The van der Waals surface area contributed by atoms with E-state index < -0.39 is 0 Å². The van der Waals surface area contributed by atoms with Crippen molar-refractivity contribution in [3.63, 3.8) is 0 Å². The second kappa shape index (κ2) is 6.93. The molecular formula is C15H13ClN2O3.